The highest BCUT2D eigenvalue weighted by molar-refractivity contribution is 7.09. The van der Waals surface area contributed by atoms with Crippen LogP contribution < -0.4 is 5.32 Å². The molecule has 2 atom stereocenters. The van der Waals surface area contributed by atoms with E-state index in [2.05, 4.69) is 10.3 Å². The number of nitro groups is 1. The summed E-state index contributed by atoms with van der Waals surface area (Å²) < 4.78 is 0. The van der Waals surface area contributed by atoms with Gasteiger partial charge in [-0.3, -0.25) is 14.9 Å². The summed E-state index contributed by atoms with van der Waals surface area (Å²) in [4.78, 5) is 25.3. The first kappa shape index (κ1) is 10.0. The SMILES string of the molecule is O=C(NCc1nccs1)[C@@H]1C[C@H]1[N+](=O)[O-]. The predicted octanol–water partition coefficient (Wildman–Crippen LogP) is 0.424. The number of rotatable bonds is 4. The Kier molecular flexibility index (Phi) is 2.63. The maximum atomic E-state index is 11.4. The van der Waals surface area contributed by atoms with Crippen LogP contribution in [0.15, 0.2) is 11.6 Å². The van der Waals surface area contributed by atoms with Crippen LogP contribution in [0, 0.1) is 16.0 Å². The normalized spacial score (nSPS) is 23.5. The Bertz CT molecular complexity index is 378. The van der Waals surface area contributed by atoms with Gasteiger partial charge in [-0.1, -0.05) is 0 Å². The van der Waals surface area contributed by atoms with Gasteiger partial charge in [-0.25, -0.2) is 4.98 Å². The van der Waals surface area contributed by atoms with Crippen molar-refractivity contribution in [1.82, 2.24) is 10.3 Å². The fourth-order valence-electron chi connectivity index (χ4n) is 1.33. The molecule has 0 bridgehead atoms. The standard InChI is InChI=1S/C8H9N3O3S/c12-8(5-3-6(5)11(13)14)10-4-7-9-1-2-15-7/h1-2,5-6H,3-4H2,(H,10,12)/t5-,6-/m1/s1. The molecule has 1 aromatic heterocycles. The van der Waals surface area contributed by atoms with Crippen LogP contribution in [0.5, 0.6) is 0 Å². The molecule has 80 valence electrons. The van der Waals surface area contributed by atoms with Crippen LogP contribution in [0.4, 0.5) is 0 Å². The lowest BCUT2D eigenvalue weighted by atomic mass is 10.4. The van der Waals surface area contributed by atoms with Gasteiger partial charge in [0.25, 0.3) is 0 Å². The van der Waals surface area contributed by atoms with E-state index in [-0.39, 0.29) is 5.91 Å². The molecule has 0 radical (unpaired) electrons. The van der Waals surface area contributed by atoms with Gasteiger partial charge in [0.1, 0.15) is 10.9 Å². The minimum Gasteiger partial charge on any atom is -0.349 e. The molecule has 0 saturated heterocycles. The average molecular weight is 227 g/mol. The highest BCUT2D eigenvalue weighted by Gasteiger charge is 2.53. The Morgan fingerprint density at radius 2 is 2.60 bits per heavy atom. The number of nitrogens with one attached hydrogen (secondary N) is 1. The first-order valence-electron chi connectivity index (χ1n) is 4.48. The highest BCUT2D eigenvalue weighted by Crippen LogP contribution is 2.33. The largest absolute Gasteiger partial charge is 0.349 e. The number of amides is 1. The van der Waals surface area contributed by atoms with Crippen molar-refractivity contribution in [3.63, 3.8) is 0 Å². The van der Waals surface area contributed by atoms with Gasteiger partial charge in [0.15, 0.2) is 0 Å². The van der Waals surface area contributed by atoms with E-state index in [1.165, 1.54) is 11.3 Å². The van der Waals surface area contributed by atoms with Gasteiger partial charge in [0.2, 0.25) is 11.9 Å². The summed E-state index contributed by atoms with van der Waals surface area (Å²) in [5.41, 5.74) is 0. The van der Waals surface area contributed by atoms with E-state index in [1.807, 2.05) is 5.38 Å². The average Bonchev–Trinajstić information content (AvgIpc) is 2.85. The van der Waals surface area contributed by atoms with Crippen LogP contribution >= 0.6 is 11.3 Å². The second-order valence-corrected chi connectivity index (χ2v) is 4.32. The molecule has 0 spiro atoms. The Hall–Kier alpha value is -1.50. The number of hydrogen-bond donors (Lipinski definition) is 1. The second kappa shape index (κ2) is 3.93. The van der Waals surface area contributed by atoms with E-state index in [4.69, 9.17) is 0 Å². The molecular formula is C8H9N3O3S. The molecule has 1 aromatic rings. The van der Waals surface area contributed by atoms with E-state index in [0.29, 0.717) is 13.0 Å². The van der Waals surface area contributed by atoms with Crippen molar-refractivity contribution >= 4 is 17.2 Å². The Labute approximate surface area is 89.5 Å². The van der Waals surface area contributed by atoms with Crippen LogP contribution in [-0.2, 0) is 11.3 Å². The maximum absolute atomic E-state index is 11.4. The summed E-state index contributed by atoms with van der Waals surface area (Å²) >= 11 is 1.44. The zero-order valence-electron chi connectivity index (χ0n) is 7.75. The summed E-state index contributed by atoms with van der Waals surface area (Å²) in [7, 11) is 0. The van der Waals surface area contributed by atoms with Crippen molar-refractivity contribution in [2.45, 2.75) is 19.0 Å². The van der Waals surface area contributed by atoms with Crippen LogP contribution in [0.2, 0.25) is 0 Å². The maximum Gasteiger partial charge on any atom is 0.230 e. The first-order valence-corrected chi connectivity index (χ1v) is 5.36. The molecule has 1 N–H and O–H groups in total. The summed E-state index contributed by atoms with van der Waals surface area (Å²) in [6.45, 7) is 0.359. The van der Waals surface area contributed by atoms with E-state index in [1.54, 1.807) is 6.20 Å². The van der Waals surface area contributed by atoms with Crippen molar-refractivity contribution in [3.8, 4) is 0 Å². The third-order valence-electron chi connectivity index (χ3n) is 2.26. The van der Waals surface area contributed by atoms with Gasteiger partial charge in [-0.2, -0.15) is 0 Å². The number of thiazole rings is 1. The fraction of sp³-hybridized carbons (Fsp3) is 0.500. The predicted molar refractivity (Wildman–Crippen MR) is 52.9 cm³/mol. The molecule has 0 unspecified atom stereocenters. The van der Waals surface area contributed by atoms with E-state index < -0.39 is 16.9 Å². The molecule has 1 aliphatic carbocycles. The van der Waals surface area contributed by atoms with E-state index >= 15 is 0 Å². The van der Waals surface area contributed by atoms with Crippen LogP contribution in [0.25, 0.3) is 0 Å². The summed E-state index contributed by atoms with van der Waals surface area (Å²) in [6, 6.07) is -0.679. The van der Waals surface area contributed by atoms with Gasteiger partial charge in [-0.05, 0) is 0 Å². The number of carbonyl (C=O) groups is 1. The monoisotopic (exact) mass is 227 g/mol. The molecule has 7 heteroatoms. The van der Waals surface area contributed by atoms with Crippen molar-refractivity contribution in [2.75, 3.05) is 0 Å². The van der Waals surface area contributed by atoms with E-state index in [9.17, 15) is 14.9 Å². The molecule has 2 rings (SSSR count). The summed E-state index contributed by atoms with van der Waals surface area (Å²) in [6.07, 6.45) is 2.01. The number of nitrogens with zero attached hydrogens (tertiary/aromatic N) is 2. The first-order chi connectivity index (χ1) is 7.18. The molecule has 1 saturated carbocycles. The summed E-state index contributed by atoms with van der Waals surface area (Å²) in [5, 5.41) is 15.6. The number of hydrogen-bond acceptors (Lipinski definition) is 5. The van der Waals surface area contributed by atoms with Crippen molar-refractivity contribution in [1.29, 1.82) is 0 Å². The zero-order chi connectivity index (χ0) is 10.8. The molecule has 0 aromatic carbocycles. The zero-order valence-corrected chi connectivity index (χ0v) is 8.57. The molecule has 1 amide bonds. The third kappa shape index (κ3) is 2.30. The fourth-order valence-corrected chi connectivity index (χ4v) is 1.89. The van der Waals surface area contributed by atoms with Gasteiger partial charge in [0.05, 0.1) is 6.54 Å². The Morgan fingerprint density at radius 3 is 3.13 bits per heavy atom. The Balaban J connectivity index is 1.77. The molecule has 1 aliphatic rings. The quantitative estimate of drug-likeness (QED) is 0.597. The number of aromatic nitrogens is 1. The van der Waals surface area contributed by atoms with Crippen LogP contribution in [0.1, 0.15) is 11.4 Å². The lowest BCUT2D eigenvalue weighted by Gasteiger charge is -1.99. The lowest BCUT2D eigenvalue weighted by molar-refractivity contribution is -0.497. The van der Waals surface area contributed by atoms with Gasteiger partial charge >= 0.3 is 0 Å². The molecule has 1 heterocycles. The lowest BCUT2D eigenvalue weighted by Crippen LogP contribution is -2.26. The molecular weight excluding hydrogens is 218 g/mol. The van der Waals surface area contributed by atoms with Gasteiger partial charge in [-0.15, -0.1) is 11.3 Å². The smallest absolute Gasteiger partial charge is 0.230 e. The van der Waals surface area contributed by atoms with Crippen LogP contribution in [0.3, 0.4) is 0 Å². The number of carbonyl (C=O) groups excluding carboxylic acids is 1. The van der Waals surface area contributed by atoms with Gasteiger partial charge in [0, 0.05) is 22.9 Å². The molecule has 15 heavy (non-hydrogen) atoms. The van der Waals surface area contributed by atoms with Gasteiger partial charge < -0.3 is 5.32 Å². The molecule has 6 nitrogen and oxygen atoms in total. The minimum atomic E-state index is -0.679. The van der Waals surface area contributed by atoms with E-state index in [0.717, 1.165) is 5.01 Å². The molecule has 1 fully saturated rings. The topological polar surface area (TPSA) is 85.1 Å². The molecule has 0 aliphatic heterocycles. The third-order valence-corrected chi connectivity index (χ3v) is 3.04. The van der Waals surface area contributed by atoms with Crippen molar-refractivity contribution in [3.05, 3.63) is 26.7 Å². The van der Waals surface area contributed by atoms with Crippen molar-refractivity contribution in [2.24, 2.45) is 5.92 Å². The highest BCUT2D eigenvalue weighted by atomic mass is 32.1. The van der Waals surface area contributed by atoms with Crippen molar-refractivity contribution < 1.29 is 9.72 Å². The Morgan fingerprint density at radius 1 is 1.80 bits per heavy atom. The van der Waals surface area contributed by atoms with Crippen LogP contribution in [-0.4, -0.2) is 21.9 Å². The minimum absolute atomic E-state index is 0.244. The summed E-state index contributed by atoms with van der Waals surface area (Å²) in [5.74, 6) is -0.688. The second-order valence-electron chi connectivity index (χ2n) is 3.34.